The summed E-state index contributed by atoms with van der Waals surface area (Å²) in [6.45, 7) is 8.90. The van der Waals surface area contributed by atoms with Crippen molar-refractivity contribution >= 4 is 12.4 Å². The third-order valence-corrected chi connectivity index (χ3v) is 3.45. The monoisotopic (exact) mass is 284 g/mol. The quantitative estimate of drug-likeness (QED) is 0.920. The van der Waals surface area contributed by atoms with Crippen molar-refractivity contribution < 1.29 is 4.74 Å². The molecule has 1 fully saturated rings. The highest BCUT2D eigenvalue weighted by Crippen LogP contribution is 2.30. The van der Waals surface area contributed by atoms with E-state index < -0.39 is 0 Å². The van der Waals surface area contributed by atoms with E-state index in [1.54, 1.807) is 7.11 Å². The van der Waals surface area contributed by atoms with Gasteiger partial charge in [0.1, 0.15) is 5.75 Å². The highest BCUT2D eigenvalue weighted by molar-refractivity contribution is 5.85. The van der Waals surface area contributed by atoms with E-state index in [4.69, 9.17) is 4.74 Å². The van der Waals surface area contributed by atoms with Crippen molar-refractivity contribution in [2.75, 3.05) is 33.3 Å². The minimum atomic E-state index is 0. The van der Waals surface area contributed by atoms with Crippen LogP contribution in [0, 0.1) is 5.92 Å². The summed E-state index contributed by atoms with van der Waals surface area (Å²) in [4.78, 5) is 2.57. The number of ether oxygens (including phenoxy) is 1. The van der Waals surface area contributed by atoms with Crippen molar-refractivity contribution in [2.45, 2.75) is 19.9 Å². The van der Waals surface area contributed by atoms with Gasteiger partial charge in [-0.15, -0.1) is 12.4 Å². The molecule has 3 nitrogen and oxygen atoms in total. The Morgan fingerprint density at radius 1 is 1.37 bits per heavy atom. The van der Waals surface area contributed by atoms with Gasteiger partial charge in [-0.2, -0.15) is 0 Å². The second kappa shape index (κ2) is 7.73. The van der Waals surface area contributed by atoms with Crippen LogP contribution in [0.3, 0.4) is 0 Å². The molecule has 0 aliphatic carbocycles. The zero-order chi connectivity index (χ0) is 13.0. The fraction of sp³-hybridized carbons (Fsp3) is 0.600. The standard InChI is InChI=1S/C15H24N2O.ClH/c1-12(2)11-17-9-8-16-10-14(17)13-6-4-5-7-15(13)18-3;/h4-7,12,14,16H,8-11H2,1-3H3;1H. The zero-order valence-electron chi connectivity index (χ0n) is 12.1. The van der Waals surface area contributed by atoms with E-state index in [1.807, 2.05) is 6.07 Å². The van der Waals surface area contributed by atoms with E-state index in [1.165, 1.54) is 5.56 Å². The third-order valence-electron chi connectivity index (χ3n) is 3.45. The molecule has 1 atom stereocenters. The van der Waals surface area contributed by atoms with Gasteiger partial charge >= 0.3 is 0 Å². The van der Waals surface area contributed by atoms with E-state index in [-0.39, 0.29) is 12.4 Å². The van der Waals surface area contributed by atoms with Gasteiger partial charge in [-0.25, -0.2) is 0 Å². The van der Waals surface area contributed by atoms with Crippen LogP contribution < -0.4 is 10.1 Å². The number of methoxy groups -OCH3 is 1. The number of hydrogen-bond acceptors (Lipinski definition) is 3. The summed E-state index contributed by atoms with van der Waals surface area (Å²) in [7, 11) is 1.75. The maximum absolute atomic E-state index is 5.50. The average molecular weight is 285 g/mol. The van der Waals surface area contributed by atoms with E-state index >= 15 is 0 Å². The number of nitrogens with zero attached hydrogens (tertiary/aromatic N) is 1. The summed E-state index contributed by atoms with van der Waals surface area (Å²) >= 11 is 0. The zero-order valence-corrected chi connectivity index (χ0v) is 12.9. The van der Waals surface area contributed by atoms with E-state index in [9.17, 15) is 0 Å². The number of piperazine rings is 1. The molecule has 1 aliphatic heterocycles. The van der Waals surface area contributed by atoms with Crippen LogP contribution >= 0.6 is 12.4 Å². The number of para-hydroxylation sites is 1. The van der Waals surface area contributed by atoms with Crippen molar-refractivity contribution in [3.63, 3.8) is 0 Å². The molecule has 1 aliphatic rings. The Bertz CT molecular complexity index is 384. The number of rotatable bonds is 4. The molecule has 19 heavy (non-hydrogen) atoms. The largest absolute Gasteiger partial charge is 0.496 e. The topological polar surface area (TPSA) is 24.5 Å². The first kappa shape index (κ1) is 16.3. The molecule has 108 valence electrons. The van der Waals surface area contributed by atoms with Crippen LogP contribution in [0.25, 0.3) is 0 Å². The molecule has 1 saturated heterocycles. The summed E-state index contributed by atoms with van der Waals surface area (Å²) in [6, 6.07) is 8.80. The highest BCUT2D eigenvalue weighted by atomic mass is 35.5. The smallest absolute Gasteiger partial charge is 0.123 e. The Labute approximate surface area is 122 Å². The summed E-state index contributed by atoms with van der Waals surface area (Å²) in [5, 5.41) is 3.49. The Balaban J connectivity index is 0.00000180. The third kappa shape index (κ3) is 4.10. The maximum Gasteiger partial charge on any atom is 0.123 e. The number of hydrogen-bond donors (Lipinski definition) is 1. The lowest BCUT2D eigenvalue weighted by molar-refractivity contribution is 0.142. The normalized spacial score (nSPS) is 20.1. The van der Waals surface area contributed by atoms with Crippen LogP contribution in [0.2, 0.25) is 0 Å². The molecule has 2 rings (SSSR count). The molecule has 4 heteroatoms. The van der Waals surface area contributed by atoms with Crippen molar-refractivity contribution in [1.82, 2.24) is 10.2 Å². The second-order valence-electron chi connectivity index (χ2n) is 5.35. The molecular weight excluding hydrogens is 260 g/mol. The van der Waals surface area contributed by atoms with Crippen molar-refractivity contribution in [3.8, 4) is 5.75 Å². The van der Waals surface area contributed by atoms with Crippen LogP contribution in [0.1, 0.15) is 25.5 Å². The summed E-state index contributed by atoms with van der Waals surface area (Å²) < 4.78 is 5.50. The molecule has 0 saturated carbocycles. The van der Waals surface area contributed by atoms with Crippen LogP contribution in [0.4, 0.5) is 0 Å². The Kier molecular flexibility index (Phi) is 6.63. The van der Waals surface area contributed by atoms with Gasteiger partial charge < -0.3 is 10.1 Å². The number of nitrogens with one attached hydrogen (secondary N) is 1. The van der Waals surface area contributed by atoms with Gasteiger partial charge in [0.05, 0.1) is 13.2 Å². The van der Waals surface area contributed by atoms with Gasteiger partial charge in [-0.1, -0.05) is 32.0 Å². The van der Waals surface area contributed by atoms with Crippen molar-refractivity contribution in [1.29, 1.82) is 0 Å². The maximum atomic E-state index is 5.50. The Morgan fingerprint density at radius 2 is 2.11 bits per heavy atom. The molecule has 1 N–H and O–H groups in total. The summed E-state index contributed by atoms with van der Waals surface area (Å²) in [5.41, 5.74) is 1.30. The van der Waals surface area contributed by atoms with Gasteiger partial charge in [-0.05, 0) is 12.0 Å². The van der Waals surface area contributed by atoms with Crippen molar-refractivity contribution in [3.05, 3.63) is 29.8 Å². The predicted molar refractivity (Wildman–Crippen MR) is 82.3 cm³/mol. The molecule has 1 heterocycles. The van der Waals surface area contributed by atoms with E-state index in [0.29, 0.717) is 12.0 Å². The molecule has 0 bridgehead atoms. The van der Waals surface area contributed by atoms with E-state index in [2.05, 4.69) is 42.3 Å². The van der Waals surface area contributed by atoms with Crippen molar-refractivity contribution in [2.24, 2.45) is 5.92 Å². The van der Waals surface area contributed by atoms with Gasteiger partial charge in [0.25, 0.3) is 0 Å². The van der Waals surface area contributed by atoms with Gasteiger partial charge in [-0.3, -0.25) is 4.90 Å². The average Bonchev–Trinajstić information content (AvgIpc) is 2.39. The van der Waals surface area contributed by atoms with Crippen LogP contribution in [0.15, 0.2) is 24.3 Å². The van der Waals surface area contributed by atoms with Crippen LogP contribution in [-0.2, 0) is 0 Å². The fourth-order valence-corrected chi connectivity index (χ4v) is 2.68. The molecule has 0 radical (unpaired) electrons. The number of benzene rings is 1. The van der Waals surface area contributed by atoms with Crippen LogP contribution in [-0.4, -0.2) is 38.2 Å². The first-order chi connectivity index (χ1) is 8.72. The Hall–Kier alpha value is -0.770. The summed E-state index contributed by atoms with van der Waals surface area (Å²) in [6.07, 6.45) is 0. The highest BCUT2D eigenvalue weighted by Gasteiger charge is 2.26. The second-order valence-corrected chi connectivity index (χ2v) is 5.35. The molecule has 1 aromatic rings. The predicted octanol–water partition coefficient (Wildman–Crippen LogP) is 2.72. The number of halogens is 1. The molecule has 0 spiro atoms. The first-order valence-corrected chi connectivity index (χ1v) is 6.80. The van der Waals surface area contributed by atoms with E-state index in [0.717, 1.165) is 31.9 Å². The molecule has 0 amide bonds. The lowest BCUT2D eigenvalue weighted by Gasteiger charge is -2.38. The first-order valence-electron chi connectivity index (χ1n) is 6.80. The summed E-state index contributed by atoms with van der Waals surface area (Å²) in [5.74, 6) is 1.69. The molecular formula is C15H25ClN2O. The van der Waals surface area contributed by atoms with Gasteiger partial charge in [0.2, 0.25) is 0 Å². The molecule has 1 unspecified atom stereocenters. The molecule has 1 aromatic carbocycles. The minimum absolute atomic E-state index is 0. The van der Waals surface area contributed by atoms with Gasteiger partial charge in [0.15, 0.2) is 0 Å². The van der Waals surface area contributed by atoms with Gasteiger partial charge in [0, 0.05) is 31.7 Å². The molecule has 0 aromatic heterocycles. The minimum Gasteiger partial charge on any atom is -0.496 e. The Morgan fingerprint density at radius 3 is 2.79 bits per heavy atom. The van der Waals surface area contributed by atoms with Crippen LogP contribution in [0.5, 0.6) is 5.75 Å². The fourth-order valence-electron chi connectivity index (χ4n) is 2.68. The lowest BCUT2D eigenvalue weighted by Crippen LogP contribution is -2.47. The SMILES string of the molecule is COc1ccccc1C1CNCCN1CC(C)C.Cl. The lowest BCUT2D eigenvalue weighted by atomic mass is 10.0.